The van der Waals surface area contributed by atoms with Crippen molar-refractivity contribution in [1.29, 1.82) is 0 Å². The molecule has 2 aromatic rings. The summed E-state index contributed by atoms with van der Waals surface area (Å²) in [7, 11) is 5.40. The quantitative estimate of drug-likeness (QED) is 0.619. The van der Waals surface area contributed by atoms with Crippen LogP contribution in [0.1, 0.15) is 18.1 Å². The van der Waals surface area contributed by atoms with Crippen LogP contribution in [0.15, 0.2) is 47.6 Å². The van der Waals surface area contributed by atoms with E-state index in [0.717, 1.165) is 23.8 Å². The minimum atomic E-state index is 0.612. The minimum Gasteiger partial charge on any atom is -0.494 e. The second-order valence-corrected chi connectivity index (χ2v) is 5.54. The van der Waals surface area contributed by atoms with E-state index < -0.39 is 0 Å². The molecule has 0 aliphatic rings. The van der Waals surface area contributed by atoms with Gasteiger partial charge < -0.3 is 19.7 Å². The summed E-state index contributed by atoms with van der Waals surface area (Å²) in [5.41, 5.74) is 2.26. The van der Waals surface area contributed by atoms with Gasteiger partial charge in [0.05, 0.1) is 13.7 Å². The van der Waals surface area contributed by atoms with Crippen molar-refractivity contribution in [2.24, 2.45) is 4.99 Å². The van der Waals surface area contributed by atoms with Gasteiger partial charge in [-0.05, 0) is 30.2 Å². The van der Waals surface area contributed by atoms with Crippen LogP contribution in [0.4, 0.5) is 0 Å². The molecule has 1 N–H and O–H groups in total. The Hall–Kier alpha value is -2.76. The van der Waals surface area contributed by atoms with E-state index in [2.05, 4.69) is 32.3 Å². The topological polar surface area (TPSA) is 59.0 Å². The smallest absolute Gasteiger partial charge is 0.212 e. The van der Waals surface area contributed by atoms with Crippen LogP contribution in [0.5, 0.6) is 11.6 Å². The van der Waals surface area contributed by atoms with E-state index in [0.29, 0.717) is 19.0 Å². The average molecular weight is 342 g/mol. The summed E-state index contributed by atoms with van der Waals surface area (Å²) in [4.78, 5) is 10.6. The molecule has 0 saturated carbocycles. The van der Waals surface area contributed by atoms with Crippen molar-refractivity contribution in [3.05, 3.63) is 53.7 Å². The Balaban J connectivity index is 1.90. The Morgan fingerprint density at radius 2 is 1.88 bits per heavy atom. The fourth-order valence-corrected chi connectivity index (χ4v) is 2.41. The van der Waals surface area contributed by atoms with Crippen LogP contribution < -0.4 is 14.8 Å². The Morgan fingerprint density at radius 3 is 2.44 bits per heavy atom. The number of methoxy groups -OCH3 is 1. The maximum Gasteiger partial charge on any atom is 0.212 e. The Morgan fingerprint density at radius 1 is 1.16 bits per heavy atom. The monoisotopic (exact) mass is 342 g/mol. The number of aliphatic imine (C=N–C) groups is 1. The molecule has 0 spiro atoms. The van der Waals surface area contributed by atoms with Gasteiger partial charge in [-0.15, -0.1) is 0 Å². The number of hydrogen-bond acceptors (Lipinski definition) is 4. The normalized spacial score (nSPS) is 11.1. The van der Waals surface area contributed by atoms with Crippen molar-refractivity contribution < 1.29 is 9.47 Å². The number of nitrogens with one attached hydrogen (secondary N) is 1. The molecule has 2 rings (SSSR count). The highest BCUT2D eigenvalue weighted by molar-refractivity contribution is 5.79. The molecular weight excluding hydrogens is 316 g/mol. The fourth-order valence-electron chi connectivity index (χ4n) is 2.41. The first-order chi connectivity index (χ1) is 12.2. The third-order valence-corrected chi connectivity index (χ3v) is 3.68. The van der Waals surface area contributed by atoms with Gasteiger partial charge in [0.1, 0.15) is 5.75 Å². The zero-order chi connectivity index (χ0) is 18.1. The lowest BCUT2D eigenvalue weighted by Crippen LogP contribution is -2.38. The SMILES string of the molecule is CCOc1ccc(CN(C)C(=NC)NCc2ccc(OC)nc2)cc1. The predicted molar refractivity (Wildman–Crippen MR) is 100 cm³/mol. The molecule has 0 aliphatic carbocycles. The molecule has 1 heterocycles. The molecule has 0 aliphatic heterocycles. The first-order valence-corrected chi connectivity index (χ1v) is 8.28. The van der Waals surface area contributed by atoms with Crippen molar-refractivity contribution in [1.82, 2.24) is 15.2 Å². The van der Waals surface area contributed by atoms with Gasteiger partial charge in [-0.3, -0.25) is 4.99 Å². The van der Waals surface area contributed by atoms with E-state index in [1.165, 1.54) is 5.56 Å². The van der Waals surface area contributed by atoms with Crippen LogP contribution in [0.2, 0.25) is 0 Å². The number of hydrogen-bond donors (Lipinski definition) is 1. The summed E-state index contributed by atoms with van der Waals surface area (Å²) < 4.78 is 10.5. The number of rotatable bonds is 7. The van der Waals surface area contributed by atoms with Crippen molar-refractivity contribution in [3.63, 3.8) is 0 Å². The molecule has 134 valence electrons. The first kappa shape index (κ1) is 18.6. The molecule has 25 heavy (non-hydrogen) atoms. The van der Waals surface area contributed by atoms with Crippen molar-refractivity contribution in [3.8, 4) is 11.6 Å². The van der Waals surface area contributed by atoms with E-state index in [1.807, 2.05) is 38.2 Å². The number of ether oxygens (including phenoxy) is 2. The van der Waals surface area contributed by atoms with Crippen LogP contribution >= 0.6 is 0 Å². The predicted octanol–water partition coefficient (Wildman–Crippen LogP) is 2.70. The molecule has 0 atom stereocenters. The van der Waals surface area contributed by atoms with Crippen molar-refractivity contribution in [2.45, 2.75) is 20.0 Å². The van der Waals surface area contributed by atoms with Crippen LogP contribution in [-0.4, -0.2) is 43.7 Å². The molecule has 0 amide bonds. The van der Waals surface area contributed by atoms with Crippen molar-refractivity contribution in [2.75, 3.05) is 27.8 Å². The first-order valence-electron chi connectivity index (χ1n) is 8.28. The summed E-state index contributed by atoms with van der Waals surface area (Å²) in [6.07, 6.45) is 1.80. The number of pyridine rings is 1. The summed E-state index contributed by atoms with van der Waals surface area (Å²) in [6.45, 7) is 4.07. The molecule has 6 nitrogen and oxygen atoms in total. The van der Waals surface area contributed by atoms with E-state index >= 15 is 0 Å². The summed E-state index contributed by atoms with van der Waals surface area (Å²) in [5.74, 6) is 2.33. The summed E-state index contributed by atoms with van der Waals surface area (Å²) >= 11 is 0. The van der Waals surface area contributed by atoms with E-state index in [-0.39, 0.29) is 0 Å². The lowest BCUT2D eigenvalue weighted by Gasteiger charge is -2.22. The Bertz CT molecular complexity index is 669. The minimum absolute atomic E-state index is 0.612. The van der Waals surface area contributed by atoms with E-state index in [4.69, 9.17) is 9.47 Å². The molecule has 1 aromatic carbocycles. The Kier molecular flexibility index (Phi) is 7.07. The zero-order valence-corrected chi connectivity index (χ0v) is 15.3. The van der Waals surface area contributed by atoms with E-state index in [9.17, 15) is 0 Å². The maximum absolute atomic E-state index is 5.47. The molecule has 0 fully saturated rings. The van der Waals surface area contributed by atoms with Gasteiger partial charge in [-0.1, -0.05) is 18.2 Å². The van der Waals surface area contributed by atoms with Gasteiger partial charge in [0.2, 0.25) is 5.88 Å². The number of guanidine groups is 1. The molecule has 0 radical (unpaired) electrons. The highest BCUT2D eigenvalue weighted by Gasteiger charge is 2.07. The third-order valence-electron chi connectivity index (χ3n) is 3.68. The number of nitrogens with zero attached hydrogens (tertiary/aromatic N) is 3. The van der Waals surface area contributed by atoms with Gasteiger partial charge in [-0.25, -0.2) is 4.98 Å². The molecular formula is C19H26N4O2. The van der Waals surface area contributed by atoms with Crippen LogP contribution in [0.25, 0.3) is 0 Å². The van der Waals surface area contributed by atoms with Crippen LogP contribution in [0.3, 0.4) is 0 Å². The van der Waals surface area contributed by atoms with Crippen molar-refractivity contribution >= 4 is 5.96 Å². The largest absolute Gasteiger partial charge is 0.494 e. The lowest BCUT2D eigenvalue weighted by atomic mass is 10.2. The van der Waals surface area contributed by atoms with Gasteiger partial charge in [0, 0.05) is 39.4 Å². The second kappa shape index (κ2) is 9.52. The standard InChI is InChI=1S/C19H26N4O2/c1-5-25-17-9-6-15(7-10-17)14-23(3)19(20-2)22-13-16-8-11-18(24-4)21-12-16/h6-12H,5,13-14H2,1-4H3,(H,20,22). The molecule has 0 bridgehead atoms. The number of aromatic nitrogens is 1. The zero-order valence-electron chi connectivity index (χ0n) is 15.3. The molecule has 6 heteroatoms. The van der Waals surface area contributed by atoms with Gasteiger partial charge in [0.15, 0.2) is 5.96 Å². The Labute approximate surface area is 149 Å². The second-order valence-electron chi connectivity index (χ2n) is 5.54. The average Bonchev–Trinajstić information content (AvgIpc) is 2.64. The molecule has 1 aromatic heterocycles. The summed E-state index contributed by atoms with van der Waals surface area (Å²) in [5, 5.41) is 3.35. The maximum atomic E-state index is 5.47. The van der Waals surface area contributed by atoms with Crippen LogP contribution in [-0.2, 0) is 13.1 Å². The molecule has 0 saturated heterocycles. The lowest BCUT2D eigenvalue weighted by molar-refractivity contribution is 0.340. The fraction of sp³-hybridized carbons (Fsp3) is 0.368. The number of benzene rings is 1. The van der Waals surface area contributed by atoms with E-state index in [1.54, 1.807) is 20.4 Å². The molecule has 0 unspecified atom stereocenters. The third kappa shape index (κ3) is 5.67. The highest BCUT2D eigenvalue weighted by Crippen LogP contribution is 2.13. The van der Waals surface area contributed by atoms with Gasteiger partial charge in [0.25, 0.3) is 0 Å². The van der Waals surface area contributed by atoms with Crippen LogP contribution in [0, 0.1) is 0 Å². The summed E-state index contributed by atoms with van der Waals surface area (Å²) in [6, 6.07) is 12.0. The highest BCUT2D eigenvalue weighted by atomic mass is 16.5. The van der Waals surface area contributed by atoms with Gasteiger partial charge >= 0.3 is 0 Å². The van der Waals surface area contributed by atoms with Gasteiger partial charge in [-0.2, -0.15) is 0 Å².